The molecule has 0 bridgehead atoms. The van der Waals surface area contributed by atoms with Gasteiger partial charge in [-0.2, -0.15) is 0 Å². The second kappa shape index (κ2) is 5.28. The normalized spacial score (nSPS) is 11.0. The number of hydrogen-bond donors (Lipinski definition) is 0. The van der Waals surface area contributed by atoms with E-state index in [1.54, 1.807) is 24.3 Å². The van der Waals surface area contributed by atoms with Gasteiger partial charge < -0.3 is 0 Å². The summed E-state index contributed by atoms with van der Waals surface area (Å²) >= 11 is 15.2. The van der Waals surface area contributed by atoms with Crippen molar-refractivity contribution in [2.75, 3.05) is 0 Å². The lowest BCUT2D eigenvalue weighted by Gasteiger charge is -2.06. The van der Waals surface area contributed by atoms with Gasteiger partial charge in [0.05, 0.1) is 9.99 Å². The molecule has 2 nitrogen and oxygen atoms in total. The van der Waals surface area contributed by atoms with E-state index in [0.717, 1.165) is 5.56 Å². The summed E-state index contributed by atoms with van der Waals surface area (Å²) in [4.78, 5) is 8.57. The first kappa shape index (κ1) is 13.7. The highest BCUT2D eigenvalue weighted by atomic mass is 79.9. The highest BCUT2D eigenvalue weighted by molar-refractivity contribution is 9.10. The van der Waals surface area contributed by atoms with Crippen molar-refractivity contribution in [3.63, 3.8) is 0 Å². The van der Waals surface area contributed by atoms with E-state index in [1.807, 2.05) is 6.07 Å². The fourth-order valence-corrected chi connectivity index (χ4v) is 2.61. The molecule has 0 aliphatic carbocycles. The lowest BCUT2D eigenvalue weighted by Crippen LogP contribution is -1.93. The fraction of sp³-hybridized carbons (Fsp3) is 0. The van der Waals surface area contributed by atoms with Crippen molar-refractivity contribution in [2.45, 2.75) is 0 Å². The molecular formula is C14H6BrCl2FN2. The van der Waals surface area contributed by atoms with Crippen molar-refractivity contribution in [1.29, 1.82) is 0 Å². The molecule has 0 saturated carbocycles. The number of aromatic nitrogens is 2. The lowest BCUT2D eigenvalue weighted by atomic mass is 10.2. The maximum atomic E-state index is 13.6. The number of benzene rings is 2. The summed E-state index contributed by atoms with van der Waals surface area (Å²) in [7, 11) is 0. The standard InChI is InChI=1S/C14H6BrCl2FN2/c15-10-5-9-12(6-11(10)18)19-14(20-13(9)17)7-2-1-3-8(16)4-7/h1-6H. The SMILES string of the molecule is Fc1cc2nc(-c3cccc(Cl)c3)nc(Cl)c2cc1Br. The van der Waals surface area contributed by atoms with Crippen LogP contribution in [0.5, 0.6) is 0 Å². The van der Waals surface area contributed by atoms with Crippen LogP contribution in [0.2, 0.25) is 10.2 Å². The molecule has 0 spiro atoms. The van der Waals surface area contributed by atoms with Crippen molar-refractivity contribution >= 4 is 50.0 Å². The third-order valence-corrected chi connectivity index (χ3v) is 3.91. The van der Waals surface area contributed by atoms with E-state index >= 15 is 0 Å². The Labute approximate surface area is 132 Å². The molecule has 0 unspecified atom stereocenters. The van der Waals surface area contributed by atoms with Crippen molar-refractivity contribution in [3.05, 3.63) is 56.9 Å². The molecule has 2 aromatic carbocycles. The Bertz CT molecular complexity index is 824. The minimum absolute atomic E-state index is 0.269. The monoisotopic (exact) mass is 370 g/mol. The molecule has 0 aliphatic rings. The summed E-state index contributed by atoms with van der Waals surface area (Å²) in [6.07, 6.45) is 0. The second-order valence-corrected chi connectivity index (χ2v) is 5.78. The van der Waals surface area contributed by atoms with Crippen LogP contribution < -0.4 is 0 Å². The molecule has 1 heterocycles. The number of nitrogens with zero attached hydrogens (tertiary/aromatic N) is 2. The Morgan fingerprint density at radius 2 is 1.85 bits per heavy atom. The van der Waals surface area contributed by atoms with Crippen molar-refractivity contribution in [3.8, 4) is 11.4 Å². The molecule has 3 aromatic rings. The second-order valence-electron chi connectivity index (χ2n) is 4.13. The molecule has 6 heteroatoms. The van der Waals surface area contributed by atoms with Gasteiger partial charge in [0.1, 0.15) is 11.0 Å². The Kier molecular flexibility index (Phi) is 3.63. The number of fused-ring (bicyclic) bond motifs is 1. The summed E-state index contributed by atoms with van der Waals surface area (Å²) in [5.74, 6) is 0.0102. The Morgan fingerprint density at radius 1 is 1.05 bits per heavy atom. The van der Waals surface area contributed by atoms with E-state index in [0.29, 0.717) is 26.2 Å². The number of halogens is 4. The smallest absolute Gasteiger partial charge is 0.161 e. The first-order chi connectivity index (χ1) is 9.54. The molecule has 3 rings (SSSR count). The maximum absolute atomic E-state index is 13.6. The van der Waals surface area contributed by atoms with Gasteiger partial charge >= 0.3 is 0 Å². The van der Waals surface area contributed by atoms with Crippen LogP contribution in [-0.2, 0) is 0 Å². The van der Waals surface area contributed by atoms with Crippen LogP contribution in [0.3, 0.4) is 0 Å². The molecule has 0 radical (unpaired) electrons. The van der Waals surface area contributed by atoms with E-state index < -0.39 is 5.82 Å². The first-order valence-corrected chi connectivity index (χ1v) is 7.18. The van der Waals surface area contributed by atoms with E-state index in [9.17, 15) is 4.39 Å². The zero-order valence-electron chi connectivity index (χ0n) is 9.87. The third kappa shape index (κ3) is 2.51. The molecule has 0 atom stereocenters. The maximum Gasteiger partial charge on any atom is 0.161 e. The molecule has 0 N–H and O–H groups in total. The zero-order valence-corrected chi connectivity index (χ0v) is 13.0. The van der Waals surface area contributed by atoms with Crippen LogP contribution in [0.25, 0.3) is 22.3 Å². The van der Waals surface area contributed by atoms with Crippen LogP contribution in [0.4, 0.5) is 4.39 Å². The van der Waals surface area contributed by atoms with Crippen LogP contribution in [0.15, 0.2) is 40.9 Å². The number of rotatable bonds is 1. The third-order valence-electron chi connectivity index (χ3n) is 2.77. The average molecular weight is 372 g/mol. The summed E-state index contributed by atoms with van der Waals surface area (Å²) in [5.41, 5.74) is 1.17. The van der Waals surface area contributed by atoms with Crippen LogP contribution in [-0.4, -0.2) is 9.97 Å². The largest absolute Gasteiger partial charge is 0.228 e. The summed E-state index contributed by atoms with van der Waals surface area (Å²) < 4.78 is 13.9. The minimum atomic E-state index is -0.399. The lowest BCUT2D eigenvalue weighted by molar-refractivity contribution is 0.623. The first-order valence-electron chi connectivity index (χ1n) is 5.63. The van der Waals surface area contributed by atoms with E-state index in [4.69, 9.17) is 23.2 Å². The van der Waals surface area contributed by atoms with Crippen LogP contribution in [0.1, 0.15) is 0 Å². The topological polar surface area (TPSA) is 25.8 Å². The minimum Gasteiger partial charge on any atom is -0.228 e. The molecular weight excluding hydrogens is 366 g/mol. The molecule has 0 aliphatic heterocycles. The Balaban J connectivity index is 2.26. The van der Waals surface area contributed by atoms with Gasteiger partial charge in [0.2, 0.25) is 0 Å². The van der Waals surface area contributed by atoms with E-state index in [1.165, 1.54) is 6.07 Å². The number of hydrogen-bond acceptors (Lipinski definition) is 2. The van der Waals surface area contributed by atoms with E-state index in [2.05, 4.69) is 25.9 Å². The van der Waals surface area contributed by atoms with E-state index in [-0.39, 0.29) is 5.15 Å². The van der Waals surface area contributed by atoms with Gasteiger partial charge in [0.15, 0.2) is 5.82 Å². The summed E-state index contributed by atoms with van der Waals surface area (Å²) in [6.45, 7) is 0. The van der Waals surface area contributed by atoms with Crippen molar-refractivity contribution in [1.82, 2.24) is 9.97 Å². The van der Waals surface area contributed by atoms with Crippen molar-refractivity contribution in [2.24, 2.45) is 0 Å². The summed E-state index contributed by atoms with van der Waals surface area (Å²) in [6, 6.07) is 9.98. The van der Waals surface area contributed by atoms with Crippen LogP contribution >= 0.6 is 39.1 Å². The summed E-state index contributed by atoms with van der Waals surface area (Å²) in [5, 5.41) is 1.43. The van der Waals surface area contributed by atoms with Crippen LogP contribution in [0, 0.1) is 5.82 Å². The Morgan fingerprint density at radius 3 is 2.60 bits per heavy atom. The van der Waals surface area contributed by atoms with Gasteiger partial charge in [-0.15, -0.1) is 0 Å². The molecule has 0 fully saturated rings. The molecule has 100 valence electrons. The molecule has 0 amide bonds. The highest BCUT2D eigenvalue weighted by Crippen LogP contribution is 2.29. The Hall–Kier alpha value is -1.23. The predicted octanol–water partition coefficient (Wildman–Crippen LogP) is 5.51. The fourth-order valence-electron chi connectivity index (χ4n) is 1.84. The van der Waals surface area contributed by atoms with Gasteiger partial charge in [-0.25, -0.2) is 14.4 Å². The molecule has 20 heavy (non-hydrogen) atoms. The van der Waals surface area contributed by atoms with Gasteiger partial charge in [-0.3, -0.25) is 0 Å². The van der Waals surface area contributed by atoms with Gasteiger partial charge in [-0.1, -0.05) is 35.3 Å². The molecule has 1 aromatic heterocycles. The quantitative estimate of drug-likeness (QED) is 0.527. The predicted molar refractivity (Wildman–Crippen MR) is 82.7 cm³/mol. The zero-order chi connectivity index (χ0) is 14.3. The van der Waals surface area contributed by atoms with Gasteiger partial charge in [0.25, 0.3) is 0 Å². The van der Waals surface area contributed by atoms with Crippen molar-refractivity contribution < 1.29 is 4.39 Å². The van der Waals surface area contributed by atoms with Gasteiger partial charge in [0, 0.05) is 22.0 Å². The highest BCUT2D eigenvalue weighted by Gasteiger charge is 2.11. The molecule has 0 saturated heterocycles. The average Bonchev–Trinajstić information content (AvgIpc) is 2.41. The van der Waals surface area contributed by atoms with Gasteiger partial charge in [-0.05, 0) is 34.1 Å².